The van der Waals surface area contributed by atoms with Crippen LogP contribution < -0.4 is 16.8 Å². The molecule has 0 bridgehead atoms. The van der Waals surface area contributed by atoms with Gasteiger partial charge in [-0.25, -0.2) is 0 Å². The van der Waals surface area contributed by atoms with Gasteiger partial charge in [-0.15, -0.1) is 0 Å². The molecule has 15 heavy (non-hydrogen) atoms. The van der Waals surface area contributed by atoms with Crippen LogP contribution in [0.3, 0.4) is 0 Å². The van der Waals surface area contributed by atoms with E-state index in [9.17, 15) is 0 Å². The molecule has 5 N–H and O–H groups in total. The first kappa shape index (κ1) is 10.1. The van der Waals surface area contributed by atoms with Gasteiger partial charge in [0.05, 0.1) is 11.4 Å². The summed E-state index contributed by atoms with van der Waals surface area (Å²) in [4.78, 5) is 0. The molecule has 82 valence electrons. The molecule has 0 fully saturated rings. The summed E-state index contributed by atoms with van der Waals surface area (Å²) in [7, 11) is 0. The van der Waals surface area contributed by atoms with Crippen molar-refractivity contribution < 1.29 is 0 Å². The molecule has 0 amide bonds. The molecular formula is C12H19N3. The highest BCUT2D eigenvalue weighted by Crippen LogP contribution is 2.37. The van der Waals surface area contributed by atoms with Crippen molar-refractivity contribution in [2.24, 2.45) is 5.92 Å². The maximum absolute atomic E-state index is 6.09. The van der Waals surface area contributed by atoms with Crippen LogP contribution in [0.4, 0.5) is 17.1 Å². The summed E-state index contributed by atoms with van der Waals surface area (Å²) >= 11 is 0. The van der Waals surface area contributed by atoms with Gasteiger partial charge in [-0.3, -0.25) is 0 Å². The lowest BCUT2D eigenvalue weighted by atomic mass is 9.89. The van der Waals surface area contributed by atoms with Gasteiger partial charge in [-0.1, -0.05) is 13.3 Å². The Labute approximate surface area is 90.8 Å². The van der Waals surface area contributed by atoms with Gasteiger partial charge in [0.25, 0.3) is 0 Å². The van der Waals surface area contributed by atoms with Gasteiger partial charge in [-0.05, 0) is 30.9 Å². The minimum Gasteiger partial charge on any atom is -0.398 e. The van der Waals surface area contributed by atoms with Crippen LogP contribution in [0, 0.1) is 12.8 Å². The molecule has 2 rings (SSSR count). The molecule has 0 spiro atoms. The number of aryl methyl sites for hydroxylation is 1. The average molecular weight is 205 g/mol. The van der Waals surface area contributed by atoms with Crippen molar-refractivity contribution in [2.75, 3.05) is 23.3 Å². The topological polar surface area (TPSA) is 64.1 Å². The van der Waals surface area contributed by atoms with Crippen LogP contribution in [-0.2, 0) is 6.42 Å². The molecule has 1 aliphatic heterocycles. The predicted octanol–water partition coefficient (Wildman–Crippen LogP) is 2.15. The maximum Gasteiger partial charge on any atom is 0.0627 e. The number of fused-ring (bicyclic) bond motifs is 1. The molecule has 1 unspecified atom stereocenters. The molecule has 0 aromatic heterocycles. The van der Waals surface area contributed by atoms with Crippen molar-refractivity contribution in [1.29, 1.82) is 0 Å². The van der Waals surface area contributed by atoms with Crippen molar-refractivity contribution in [1.82, 2.24) is 0 Å². The quantitative estimate of drug-likeness (QED) is 0.615. The first-order valence-corrected chi connectivity index (χ1v) is 5.54. The van der Waals surface area contributed by atoms with Gasteiger partial charge in [0.15, 0.2) is 0 Å². The second-order valence-electron chi connectivity index (χ2n) is 4.41. The Morgan fingerprint density at radius 1 is 1.47 bits per heavy atom. The molecular weight excluding hydrogens is 186 g/mol. The number of nitrogens with one attached hydrogen (secondary N) is 1. The zero-order chi connectivity index (χ0) is 11.0. The molecule has 1 aromatic carbocycles. The molecule has 3 heteroatoms. The molecule has 1 aliphatic rings. The Bertz CT molecular complexity index is 385. The fourth-order valence-corrected chi connectivity index (χ4v) is 2.25. The van der Waals surface area contributed by atoms with Crippen LogP contribution in [0.5, 0.6) is 0 Å². The van der Waals surface area contributed by atoms with E-state index in [1.165, 1.54) is 12.0 Å². The summed E-state index contributed by atoms with van der Waals surface area (Å²) in [5.41, 5.74) is 17.2. The Hall–Kier alpha value is -1.38. The van der Waals surface area contributed by atoms with E-state index in [1.54, 1.807) is 0 Å². The lowest BCUT2D eigenvalue weighted by Crippen LogP contribution is -2.24. The van der Waals surface area contributed by atoms with E-state index >= 15 is 0 Å². The Balaban J connectivity index is 2.48. The van der Waals surface area contributed by atoms with Crippen molar-refractivity contribution in [3.8, 4) is 0 Å². The zero-order valence-electron chi connectivity index (χ0n) is 9.43. The number of anilines is 3. The van der Waals surface area contributed by atoms with Crippen LogP contribution in [-0.4, -0.2) is 6.54 Å². The smallest absolute Gasteiger partial charge is 0.0627 e. The first-order chi connectivity index (χ1) is 7.13. The van der Waals surface area contributed by atoms with E-state index in [-0.39, 0.29) is 0 Å². The van der Waals surface area contributed by atoms with E-state index < -0.39 is 0 Å². The molecule has 0 saturated carbocycles. The molecule has 0 saturated heterocycles. The molecule has 3 nitrogen and oxygen atoms in total. The van der Waals surface area contributed by atoms with Crippen molar-refractivity contribution in [2.45, 2.75) is 26.7 Å². The zero-order valence-corrected chi connectivity index (χ0v) is 9.43. The minimum atomic E-state index is 0.681. The Morgan fingerprint density at radius 3 is 2.87 bits per heavy atom. The number of hydrogen-bond acceptors (Lipinski definition) is 3. The summed E-state index contributed by atoms with van der Waals surface area (Å²) in [5, 5.41) is 3.39. The fourth-order valence-electron chi connectivity index (χ4n) is 2.25. The van der Waals surface area contributed by atoms with Crippen LogP contribution in [0.1, 0.15) is 24.5 Å². The molecule has 0 radical (unpaired) electrons. The lowest BCUT2D eigenvalue weighted by Gasteiger charge is -2.28. The van der Waals surface area contributed by atoms with E-state index in [1.807, 2.05) is 13.0 Å². The highest BCUT2D eigenvalue weighted by molar-refractivity contribution is 5.79. The monoisotopic (exact) mass is 205 g/mol. The van der Waals surface area contributed by atoms with Crippen molar-refractivity contribution in [3.63, 3.8) is 0 Å². The number of rotatable bonds is 1. The van der Waals surface area contributed by atoms with E-state index in [0.717, 1.165) is 35.6 Å². The summed E-state index contributed by atoms with van der Waals surface area (Å²) in [6.07, 6.45) is 2.23. The van der Waals surface area contributed by atoms with E-state index in [4.69, 9.17) is 11.5 Å². The summed E-state index contributed by atoms with van der Waals surface area (Å²) in [6, 6.07) is 1.95. The Kier molecular flexibility index (Phi) is 2.47. The third kappa shape index (κ3) is 1.62. The van der Waals surface area contributed by atoms with E-state index in [2.05, 4.69) is 12.2 Å². The van der Waals surface area contributed by atoms with Crippen molar-refractivity contribution >= 4 is 17.1 Å². The maximum atomic E-state index is 6.09. The minimum absolute atomic E-state index is 0.681. The number of nitrogen functional groups attached to an aromatic ring is 2. The highest BCUT2D eigenvalue weighted by Gasteiger charge is 2.21. The van der Waals surface area contributed by atoms with Crippen molar-refractivity contribution in [3.05, 3.63) is 17.2 Å². The molecule has 1 heterocycles. The van der Waals surface area contributed by atoms with Gasteiger partial charge in [0.1, 0.15) is 0 Å². The third-order valence-corrected chi connectivity index (χ3v) is 3.35. The third-order valence-electron chi connectivity index (χ3n) is 3.35. The van der Waals surface area contributed by atoms with Crippen LogP contribution in [0.2, 0.25) is 0 Å². The summed E-state index contributed by atoms with van der Waals surface area (Å²) in [5.74, 6) is 0.681. The summed E-state index contributed by atoms with van der Waals surface area (Å²) in [6.45, 7) is 5.24. The number of nitrogens with two attached hydrogens (primary N) is 2. The van der Waals surface area contributed by atoms with Crippen LogP contribution >= 0.6 is 0 Å². The number of benzene rings is 1. The SMILES string of the molecule is CCC1CNc2c(N)cc(C)c(N)c2C1. The van der Waals surface area contributed by atoms with Gasteiger partial charge in [0.2, 0.25) is 0 Å². The van der Waals surface area contributed by atoms with Crippen LogP contribution in [0.25, 0.3) is 0 Å². The summed E-state index contributed by atoms with van der Waals surface area (Å²) < 4.78 is 0. The molecule has 1 atom stereocenters. The Morgan fingerprint density at radius 2 is 2.20 bits per heavy atom. The predicted molar refractivity (Wildman–Crippen MR) is 66.0 cm³/mol. The largest absolute Gasteiger partial charge is 0.398 e. The van der Waals surface area contributed by atoms with Gasteiger partial charge >= 0.3 is 0 Å². The second-order valence-corrected chi connectivity index (χ2v) is 4.41. The van der Waals surface area contributed by atoms with Gasteiger partial charge in [-0.2, -0.15) is 0 Å². The molecule has 1 aromatic rings. The normalized spacial score (nSPS) is 19.5. The lowest BCUT2D eigenvalue weighted by molar-refractivity contribution is 0.522. The fraction of sp³-hybridized carbons (Fsp3) is 0.500. The van der Waals surface area contributed by atoms with E-state index in [0.29, 0.717) is 5.92 Å². The second kappa shape index (κ2) is 3.65. The molecule has 0 aliphatic carbocycles. The van der Waals surface area contributed by atoms with Crippen LogP contribution in [0.15, 0.2) is 6.07 Å². The standard InChI is InChI=1S/C12H19N3/c1-3-8-5-9-11(14)7(2)4-10(13)12(9)15-6-8/h4,8,15H,3,5-6,13-14H2,1-2H3. The average Bonchev–Trinajstić information content (AvgIpc) is 2.25. The van der Waals surface area contributed by atoms with Gasteiger partial charge < -0.3 is 16.8 Å². The first-order valence-electron chi connectivity index (χ1n) is 5.54. The van der Waals surface area contributed by atoms with Gasteiger partial charge in [0, 0.05) is 17.8 Å². The highest BCUT2D eigenvalue weighted by atomic mass is 14.9. The number of hydrogen-bond donors (Lipinski definition) is 3.